The van der Waals surface area contributed by atoms with E-state index in [-0.39, 0.29) is 11.9 Å². The van der Waals surface area contributed by atoms with Crippen molar-refractivity contribution in [3.63, 3.8) is 0 Å². The molecule has 0 amide bonds. The van der Waals surface area contributed by atoms with Gasteiger partial charge in [0.1, 0.15) is 5.82 Å². The maximum atomic E-state index is 13.0. The predicted octanol–water partition coefficient (Wildman–Crippen LogP) is 3.21. The lowest BCUT2D eigenvalue weighted by Crippen LogP contribution is -2.34. The minimum absolute atomic E-state index is 0.0630. The molecule has 0 aliphatic carbocycles. The van der Waals surface area contributed by atoms with Gasteiger partial charge in [-0.2, -0.15) is 0 Å². The van der Waals surface area contributed by atoms with Crippen LogP contribution in [0.1, 0.15) is 31.9 Å². The topological polar surface area (TPSA) is 29.3 Å². The van der Waals surface area contributed by atoms with E-state index in [0.717, 1.165) is 25.1 Å². The van der Waals surface area contributed by atoms with Gasteiger partial charge in [0.2, 0.25) is 0 Å². The van der Waals surface area contributed by atoms with Crippen molar-refractivity contribution < 1.29 is 4.39 Å². The van der Waals surface area contributed by atoms with Crippen LogP contribution in [0.5, 0.6) is 0 Å². The van der Waals surface area contributed by atoms with Crippen molar-refractivity contribution >= 4 is 11.6 Å². The Hall–Kier alpha value is -0.640. The van der Waals surface area contributed by atoms with Gasteiger partial charge in [0.15, 0.2) is 0 Å². The number of rotatable bonds is 6. The first-order chi connectivity index (χ1) is 8.13. The zero-order chi connectivity index (χ0) is 12.8. The molecule has 1 aromatic carbocycles. The van der Waals surface area contributed by atoms with E-state index in [1.54, 1.807) is 6.07 Å². The van der Waals surface area contributed by atoms with Crippen molar-refractivity contribution in [3.05, 3.63) is 34.6 Å². The van der Waals surface area contributed by atoms with E-state index in [9.17, 15) is 4.39 Å². The summed E-state index contributed by atoms with van der Waals surface area (Å²) < 4.78 is 13.0. The Morgan fingerprint density at radius 3 is 2.59 bits per heavy atom. The molecule has 1 atom stereocenters. The van der Waals surface area contributed by atoms with E-state index in [4.69, 9.17) is 17.3 Å². The fourth-order valence-electron chi connectivity index (χ4n) is 2.07. The van der Waals surface area contributed by atoms with E-state index in [1.807, 2.05) is 0 Å². The summed E-state index contributed by atoms with van der Waals surface area (Å²) in [7, 11) is 0. The van der Waals surface area contributed by atoms with Crippen LogP contribution in [-0.2, 0) is 0 Å². The van der Waals surface area contributed by atoms with E-state index < -0.39 is 0 Å². The average molecular weight is 259 g/mol. The molecule has 2 N–H and O–H groups in total. The Bertz CT molecular complexity index is 357. The molecule has 0 heterocycles. The zero-order valence-corrected chi connectivity index (χ0v) is 11.2. The molecular weight excluding hydrogens is 239 g/mol. The highest BCUT2D eigenvalue weighted by Gasteiger charge is 2.19. The molecule has 1 rings (SSSR count). The average Bonchev–Trinajstić information content (AvgIpc) is 2.31. The van der Waals surface area contributed by atoms with E-state index in [0.29, 0.717) is 11.6 Å². The first-order valence-electron chi connectivity index (χ1n) is 6.03. The number of halogens is 2. The van der Waals surface area contributed by atoms with Gasteiger partial charge in [-0.25, -0.2) is 4.39 Å². The second-order valence-corrected chi connectivity index (χ2v) is 4.45. The summed E-state index contributed by atoms with van der Waals surface area (Å²) in [5, 5.41) is 0.454. The Kier molecular flexibility index (Phi) is 5.89. The minimum atomic E-state index is -0.312. The third-order valence-electron chi connectivity index (χ3n) is 2.90. The third-order valence-corrected chi connectivity index (χ3v) is 3.23. The maximum Gasteiger partial charge on any atom is 0.124 e. The molecule has 1 aromatic rings. The number of hydrogen-bond acceptors (Lipinski definition) is 2. The van der Waals surface area contributed by atoms with Crippen molar-refractivity contribution in [2.75, 3.05) is 19.6 Å². The van der Waals surface area contributed by atoms with Crippen molar-refractivity contribution in [1.29, 1.82) is 0 Å². The van der Waals surface area contributed by atoms with Crippen LogP contribution in [0.15, 0.2) is 18.2 Å². The maximum absolute atomic E-state index is 13.0. The zero-order valence-electron chi connectivity index (χ0n) is 10.4. The predicted molar refractivity (Wildman–Crippen MR) is 70.7 cm³/mol. The second-order valence-electron chi connectivity index (χ2n) is 4.05. The van der Waals surface area contributed by atoms with E-state index in [1.165, 1.54) is 12.1 Å². The monoisotopic (exact) mass is 258 g/mol. The largest absolute Gasteiger partial charge is 0.329 e. The molecule has 0 saturated heterocycles. The van der Waals surface area contributed by atoms with Crippen LogP contribution in [-0.4, -0.2) is 24.5 Å². The summed E-state index contributed by atoms with van der Waals surface area (Å²) in [6.45, 7) is 6.58. The molecule has 2 nitrogen and oxygen atoms in total. The summed E-state index contributed by atoms with van der Waals surface area (Å²) >= 11 is 6.08. The minimum Gasteiger partial charge on any atom is -0.329 e. The molecule has 4 heteroatoms. The summed E-state index contributed by atoms with van der Waals surface area (Å²) in [5.41, 5.74) is 6.73. The van der Waals surface area contributed by atoms with Gasteiger partial charge >= 0.3 is 0 Å². The highest BCUT2D eigenvalue weighted by molar-refractivity contribution is 6.31. The van der Waals surface area contributed by atoms with Gasteiger partial charge in [0, 0.05) is 17.6 Å². The molecule has 0 bridgehead atoms. The van der Waals surface area contributed by atoms with Gasteiger partial charge in [-0.3, -0.25) is 4.90 Å². The molecule has 96 valence electrons. The highest BCUT2D eigenvalue weighted by Crippen LogP contribution is 2.27. The van der Waals surface area contributed by atoms with Gasteiger partial charge in [0.25, 0.3) is 0 Å². The van der Waals surface area contributed by atoms with Crippen LogP contribution in [0.25, 0.3) is 0 Å². The van der Waals surface area contributed by atoms with Crippen molar-refractivity contribution in [1.82, 2.24) is 4.90 Å². The molecule has 0 radical (unpaired) electrons. The number of nitrogens with zero attached hydrogens (tertiary/aromatic N) is 1. The summed E-state index contributed by atoms with van der Waals surface area (Å²) in [6, 6.07) is 4.57. The van der Waals surface area contributed by atoms with Crippen molar-refractivity contribution in [3.8, 4) is 0 Å². The molecule has 1 unspecified atom stereocenters. The van der Waals surface area contributed by atoms with Gasteiger partial charge in [-0.1, -0.05) is 31.5 Å². The molecule has 0 saturated carbocycles. The molecule has 0 aliphatic heterocycles. The quantitative estimate of drug-likeness (QED) is 0.849. The van der Waals surface area contributed by atoms with Crippen LogP contribution >= 0.6 is 11.6 Å². The Morgan fingerprint density at radius 2 is 2.12 bits per heavy atom. The Morgan fingerprint density at radius 1 is 1.41 bits per heavy atom. The first kappa shape index (κ1) is 14.4. The molecule has 0 fully saturated rings. The smallest absolute Gasteiger partial charge is 0.124 e. The first-order valence-corrected chi connectivity index (χ1v) is 6.40. The van der Waals surface area contributed by atoms with Gasteiger partial charge < -0.3 is 5.73 Å². The number of benzene rings is 1. The third kappa shape index (κ3) is 3.66. The summed E-state index contributed by atoms with van der Waals surface area (Å²) in [6.07, 6.45) is 1.06. The summed E-state index contributed by atoms with van der Waals surface area (Å²) in [4.78, 5) is 2.26. The SMILES string of the molecule is CCCN(CC)C(CN)c1ccc(F)cc1Cl. The fourth-order valence-corrected chi connectivity index (χ4v) is 2.36. The molecule has 0 spiro atoms. The number of likely N-dealkylation sites (N-methyl/N-ethyl adjacent to an activating group) is 1. The van der Waals surface area contributed by atoms with Gasteiger partial charge in [-0.05, 0) is 37.2 Å². The Balaban J connectivity index is 2.99. The van der Waals surface area contributed by atoms with Crippen LogP contribution in [0, 0.1) is 5.82 Å². The van der Waals surface area contributed by atoms with Crippen molar-refractivity contribution in [2.24, 2.45) is 5.73 Å². The fraction of sp³-hybridized carbons (Fsp3) is 0.538. The lowest BCUT2D eigenvalue weighted by atomic mass is 10.0. The highest BCUT2D eigenvalue weighted by atomic mass is 35.5. The van der Waals surface area contributed by atoms with Crippen LogP contribution in [0.2, 0.25) is 5.02 Å². The van der Waals surface area contributed by atoms with Gasteiger partial charge in [-0.15, -0.1) is 0 Å². The van der Waals surface area contributed by atoms with Crippen LogP contribution < -0.4 is 5.73 Å². The number of hydrogen-bond donors (Lipinski definition) is 1. The van der Waals surface area contributed by atoms with Crippen LogP contribution in [0.3, 0.4) is 0 Å². The van der Waals surface area contributed by atoms with Crippen LogP contribution in [0.4, 0.5) is 4.39 Å². The lowest BCUT2D eigenvalue weighted by Gasteiger charge is -2.30. The van der Waals surface area contributed by atoms with Gasteiger partial charge in [0.05, 0.1) is 0 Å². The van der Waals surface area contributed by atoms with E-state index in [2.05, 4.69) is 18.7 Å². The summed E-state index contributed by atoms with van der Waals surface area (Å²) in [5.74, 6) is -0.312. The molecule has 0 aromatic heterocycles. The lowest BCUT2D eigenvalue weighted by molar-refractivity contribution is 0.213. The standard InChI is InChI=1S/C13H20ClFN2/c1-3-7-17(4-2)13(9-16)11-6-5-10(15)8-12(11)14/h5-6,8,13H,3-4,7,9,16H2,1-2H3. The van der Waals surface area contributed by atoms with E-state index >= 15 is 0 Å². The second kappa shape index (κ2) is 6.94. The number of nitrogens with two attached hydrogens (primary N) is 1. The molecular formula is C13H20ClFN2. The molecule has 17 heavy (non-hydrogen) atoms. The normalized spacial score (nSPS) is 13.1. The molecule has 0 aliphatic rings. The van der Waals surface area contributed by atoms with Crippen molar-refractivity contribution in [2.45, 2.75) is 26.3 Å². The Labute approximate surface area is 108 Å².